The van der Waals surface area contributed by atoms with Crippen molar-refractivity contribution in [2.24, 2.45) is 0 Å². The number of methoxy groups -OCH3 is 2. The molecule has 154 valence electrons. The van der Waals surface area contributed by atoms with Gasteiger partial charge in [-0.3, -0.25) is 4.79 Å². The largest absolute Gasteiger partial charge is 0.493 e. The quantitative estimate of drug-likeness (QED) is 0.797. The monoisotopic (exact) mass is 398 g/mol. The van der Waals surface area contributed by atoms with Crippen LogP contribution in [0, 0.1) is 13.8 Å². The predicted octanol–water partition coefficient (Wildman–Crippen LogP) is 3.93. The van der Waals surface area contributed by atoms with Gasteiger partial charge in [0.05, 0.1) is 26.7 Å². The lowest BCUT2D eigenvalue weighted by Gasteiger charge is -2.37. The maximum atomic E-state index is 13.0. The molecule has 7 heteroatoms. The van der Waals surface area contributed by atoms with Crippen molar-refractivity contribution < 1.29 is 24.2 Å². The molecule has 2 aromatic rings. The number of hydrogen-bond acceptors (Lipinski definition) is 4. The molecule has 0 radical (unpaired) electrons. The van der Waals surface area contributed by atoms with E-state index in [1.165, 1.54) is 7.11 Å². The van der Waals surface area contributed by atoms with Crippen molar-refractivity contribution in [3.8, 4) is 11.5 Å². The molecule has 0 unspecified atom stereocenters. The molecular weight excluding hydrogens is 372 g/mol. The van der Waals surface area contributed by atoms with Crippen LogP contribution in [0.25, 0.3) is 0 Å². The minimum absolute atomic E-state index is 0.192. The summed E-state index contributed by atoms with van der Waals surface area (Å²) in [6, 6.07) is 8.42. The number of benzene rings is 2. The molecule has 1 aliphatic rings. The van der Waals surface area contributed by atoms with Gasteiger partial charge in [0.15, 0.2) is 11.5 Å². The van der Waals surface area contributed by atoms with Crippen molar-refractivity contribution in [1.29, 1.82) is 0 Å². The summed E-state index contributed by atoms with van der Waals surface area (Å²) in [5.74, 6) is 0.132. The zero-order valence-corrected chi connectivity index (χ0v) is 17.1. The van der Waals surface area contributed by atoms with E-state index in [0.717, 1.165) is 22.3 Å². The van der Waals surface area contributed by atoms with Crippen LogP contribution in [0.2, 0.25) is 0 Å². The molecule has 1 heterocycles. The van der Waals surface area contributed by atoms with Crippen molar-refractivity contribution in [3.05, 3.63) is 52.6 Å². The molecule has 0 spiro atoms. The third-order valence-corrected chi connectivity index (χ3v) is 5.39. The maximum Gasteiger partial charge on any atom is 0.322 e. The normalized spacial score (nSPS) is 15.4. The minimum atomic E-state index is -0.971. The highest BCUT2D eigenvalue weighted by atomic mass is 16.5. The van der Waals surface area contributed by atoms with E-state index in [2.05, 4.69) is 5.32 Å². The molecule has 0 bridgehead atoms. The van der Waals surface area contributed by atoms with Crippen molar-refractivity contribution in [3.63, 3.8) is 0 Å². The maximum absolute atomic E-state index is 13.0. The zero-order valence-electron chi connectivity index (χ0n) is 17.1. The van der Waals surface area contributed by atoms with Crippen LogP contribution in [0.15, 0.2) is 30.3 Å². The first kappa shape index (κ1) is 20.5. The van der Waals surface area contributed by atoms with Crippen molar-refractivity contribution >= 4 is 17.7 Å². The predicted molar refractivity (Wildman–Crippen MR) is 110 cm³/mol. The molecule has 1 atom stereocenters. The Bertz CT molecular complexity index is 941. The number of urea groups is 1. The van der Waals surface area contributed by atoms with Gasteiger partial charge in [-0.15, -0.1) is 0 Å². The van der Waals surface area contributed by atoms with Gasteiger partial charge >= 0.3 is 12.0 Å². The lowest BCUT2D eigenvalue weighted by Crippen LogP contribution is -2.43. The number of carboxylic acids is 1. The number of nitrogens with one attached hydrogen (secondary N) is 1. The molecule has 0 aliphatic carbocycles. The van der Waals surface area contributed by atoms with Gasteiger partial charge in [0.2, 0.25) is 0 Å². The SMILES string of the molecule is COc1cc2c(cc1OC)[C@@H](CC(=O)O)N(C(=O)Nc1ccc(C)c(C)c1)CC2. The van der Waals surface area contributed by atoms with Crippen molar-refractivity contribution in [2.75, 3.05) is 26.1 Å². The summed E-state index contributed by atoms with van der Waals surface area (Å²) in [6.45, 7) is 4.40. The second-order valence-corrected chi connectivity index (χ2v) is 7.19. The molecule has 2 amide bonds. The number of carbonyl (C=O) groups is 2. The number of ether oxygens (including phenoxy) is 2. The molecule has 1 aliphatic heterocycles. The molecule has 0 saturated heterocycles. The van der Waals surface area contributed by atoms with Crippen LogP contribution in [-0.4, -0.2) is 42.8 Å². The fourth-order valence-corrected chi connectivity index (χ4v) is 3.67. The van der Waals surface area contributed by atoms with Crippen LogP contribution in [0.1, 0.15) is 34.7 Å². The third kappa shape index (κ3) is 4.29. The Balaban J connectivity index is 1.93. The smallest absolute Gasteiger partial charge is 0.322 e. The van der Waals surface area contributed by atoms with E-state index < -0.39 is 12.0 Å². The number of amides is 2. The second-order valence-electron chi connectivity index (χ2n) is 7.19. The molecule has 2 aromatic carbocycles. The van der Waals surface area contributed by atoms with Crippen LogP contribution in [0.4, 0.5) is 10.5 Å². The van der Waals surface area contributed by atoms with E-state index in [1.807, 2.05) is 38.1 Å². The Labute approximate surface area is 170 Å². The molecule has 0 aromatic heterocycles. The molecule has 7 nitrogen and oxygen atoms in total. The zero-order chi connectivity index (χ0) is 21.1. The van der Waals surface area contributed by atoms with E-state index in [9.17, 15) is 14.7 Å². The third-order valence-electron chi connectivity index (χ3n) is 5.39. The highest BCUT2D eigenvalue weighted by molar-refractivity contribution is 5.90. The topological polar surface area (TPSA) is 88.1 Å². The van der Waals surface area contributed by atoms with Crippen LogP contribution in [0.5, 0.6) is 11.5 Å². The second kappa shape index (κ2) is 8.43. The highest BCUT2D eigenvalue weighted by Crippen LogP contribution is 2.39. The fraction of sp³-hybridized carbons (Fsp3) is 0.364. The Morgan fingerprint density at radius 2 is 1.79 bits per heavy atom. The average Bonchev–Trinajstić information content (AvgIpc) is 2.69. The van der Waals surface area contributed by atoms with Crippen LogP contribution >= 0.6 is 0 Å². The number of aliphatic carboxylic acids is 1. The number of carbonyl (C=O) groups excluding carboxylic acids is 1. The summed E-state index contributed by atoms with van der Waals surface area (Å²) in [7, 11) is 3.09. The summed E-state index contributed by atoms with van der Waals surface area (Å²) in [5, 5.41) is 12.4. The van der Waals surface area contributed by atoms with Gasteiger partial charge in [-0.2, -0.15) is 0 Å². The van der Waals surface area contributed by atoms with Gasteiger partial charge in [0.1, 0.15) is 0 Å². The van der Waals surface area contributed by atoms with Gasteiger partial charge in [-0.25, -0.2) is 4.79 Å². The summed E-state index contributed by atoms with van der Waals surface area (Å²) < 4.78 is 10.7. The number of aryl methyl sites for hydroxylation is 2. The molecule has 0 fully saturated rings. The van der Waals surface area contributed by atoms with Gasteiger partial charge in [-0.05, 0) is 66.8 Å². The van der Waals surface area contributed by atoms with Gasteiger partial charge in [0.25, 0.3) is 0 Å². The standard InChI is InChI=1S/C22H26N2O5/c1-13-5-6-16(9-14(13)2)23-22(27)24-8-7-15-10-19(28-3)20(29-4)11-17(15)18(24)12-21(25)26/h5-6,9-11,18H,7-8,12H2,1-4H3,(H,23,27)(H,25,26)/t18-/m1/s1. The Morgan fingerprint density at radius 1 is 1.10 bits per heavy atom. The summed E-state index contributed by atoms with van der Waals surface area (Å²) in [5.41, 5.74) is 4.63. The molecule has 29 heavy (non-hydrogen) atoms. The lowest BCUT2D eigenvalue weighted by molar-refractivity contribution is -0.138. The molecule has 2 N–H and O–H groups in total. The summed E-state index contributed by atoms with van der Waals surface area (Å²) in [6.07, 6.45) is 0.412. The number of fused-ring (bicyclic) bond motifs is 1. The van der Waals surface area contributed by atoms with Gasteiger partial charge in [0, 0.05) is 12.2 Å². The van der Waals surface area contributed by atoms with Crippen LogP contribution in [-0.2, 0) is 11.2 Å². The minimum Gasteiger partial charge on any atom is -0.493 e. The Hall–Kier alpha value is -3.22. The van der Waals surface area contributed by atoms with Crippen LogP contribution < -0.4 is 14.8 Å². The Morgan fingerprint density at radius 3 is 2.41 bits per heavy atom. The lowest BCUT2D eigenvalue weighted by atomic mass is 9.90. The van der Waals surface area contributed by atoms with Gasteiger partial charge < -0.3 is 24.8 Å². The van der Waals surface area contributed by atoms with E-state index in [-0.39, 0.29) is 12.5 Å². The number of nitrogens with zero attached hydrogens (tertiary/aromatic N) is 1. The fourth-order valence-electron chi connectivity index (χ4n) is 3.67. The average molecular weight is 398 g/mol. The number of rotatable bonds is 5. The Kier molecular flexibility index (Phi) is 5.96. The van der Waals surface area contributed by atoms with E-state index in [0.29, 0.717) is 30.2 Å². The number of anilines is 1. The first-order chi connectivity index (χ1) is 13.8. The van der Waals surface area contributed by atoms with E-state index >= 15 is 0 Å². The highest BCUT2D eigenvalue weighted by Gasteiger charge is 2.33. The van der Waals surface area contributed by atoms with Crippen LogP contribution in [0.3, 0.4) is 0 Å². The first-order valence-corrected chi connectivity index (χ1v) is 9.45. The molecule has 0 saturated carbocycles. The number of hydrogen-bond donors (Lipinski definition) is 2. The molecular formula is C22H26N2O5. The first-order valence-electron chi connectivity index (χ1n) is 9.45. The van der Waals surface area contributed by atoms with Gasteiger partial charge in [-0.1, -0.05) is 6.07 Å². The van der Waals surface area contributed by atoms with E-state index in [1.54, 1.807) is 18.1 Å². The number of carboxylic acid groups (broad SMARTS) is 1. The molecule has 3 rings (SSSR count). The van der Waals surface area contributed by atoms with Crippen molar-refractivity contribution in [2.45, 2.75) is 32.7 Å². The summed E-state index contributed by atoms with van der Waals surface area (Å²) >= 11 is 0. The summed E-state index contributed by atoms with van der Waals surface area (Å²) in [4.78, 5) is 26.1. The van der Waals surface area contributed by atoms with Crippen molar-refractivity contribution in [1.82, 2.24) is 4.90 Å². The van der Waals surface area contributed by atoms with E-state index in [4.69, 9.17) is 9.47 Å².